The molecule has 19 heavy (non-hydrogen) atoms. The summed E-state index contributed by atoms with van der Waals surface area (Å²) in [6.07, 6.45) is 2.61. The number of aromatic nitrogens is 3. The highest BCUT2D eigenvalue weighted by atomic mass is 127. The summed E-state index contributed by atoms with van der Waals surface area (Å²) in [5, 5.41) is 3.09. The minimum Gasteiger partial charge on any atom is -0.321 e. The molecule has 98 valence electrons. The molecule has 0 aliphatic carbocycles. The standard InChI is InChI=1S/C13H11ClIN3S/c14-4-3-12-17-10-7-9(15)1-2-11(10)18(12)8-13-16-5-6-19-13/h1-2,5-7H,3-4,8H2. The molecule has 0 N–H and O–H groups in total. The highest BCUT2D eigenvalue weighted by Crippen LogP contribution is 2.21. The van der Waals surface area contributed by atoms with E-state index in [9.17, 15) is 0 Å². The SMILES string of the molecule is ClCCc1nc2cc(I)ccc2n1Cc1nccs1. The topological polar surface area (TPSA) is 30.7 Å². The fourth-order valence-electron chi connectivity index (χ4n) is 2.07. The molecule has 6 heteroatoms. The van der Waals surface area contributed by atoms with Crippen molar-refractivity contribution < 1.29 is 0 Å². The van der Waals surface area contributed by atoms with E-state index < -0.39 is 0 Å². The third-order valence-corrected chi connectivity index (χ3v) is 4.51. The molecule has 0 aliphatic heterocycles. The van der Waals surface area contributed by atoms with Crippen LogP contribution >= 0.6 is 45.5 Å². The van der Waals surface area contributed by atoms with E-state index in [2.05, 4.69) is 50.3 Å². The number of halogens is 2. The van der Waals surface area contributed by atoms with Crippen molar-refractivity contribution in [3.63, 3.8) is 0 Å². The lowest BCUT2D eigenvalue weighted by atomic mass is 10.3. The van der Waals surface area contributed by atoms with E-state index in [1.165, 1.54) is 3.57 Å². The molecule has 0 saturated heterocycles. The second kappa shape index (κ2) is 5.76. The Kier molecular flexibility index (Phi) is 4.04. The molecule has 0 atom stereocenters. The fraction of sp³-hybridized carbons (Fsp3) is 0.231. The van der Waals surface area contributed by atoms with E-state index in [1.54, 1.807) is 11.3 Å². The molecule has 2 heterocycles. The van der Waals surface area contributed by atoms with Crippen molar-refractivity contribution in [3.05, 3.63) is 44.2 Å². The molecule has 0 saturated carbocycles. The predicted molar refractivity (Wildman–Crippen MR) is 88.1 cm³/mol. The van der Waals surface area contributed by atoms with Crippen LogP contribution in [0.15, 0.2) is 29.8 Å². The fourth-order valence-corrected chi connectivity index (χ4v) is 3.32. The third-order valence-electron chi connectivity index (χ3n) is 2.88. The van der Waals surface area contributed by atoms with E-state index in [0.29, 0.717) is 5.88 Å². The van der Waals surface area contributed by atoms with Crippen molar-refractivity contribution in [3.8, 4) is 0 Å². The van der Waals surface area contributed by atoms with Gasteiger partial charge in [0.25, 0.3) is 0 Å². The van der Waals surface area contributed by atoms with Crippen LogP contribution in [-0.4, -0.2) is 20.4 Å². The minimum absolute atomic E-state index is 0.582. The van der Waals surface area contributed by atoms with Gasteiger partial charge in [-0.15, -0.1) is 22.9 Å². The highest BCUT2D eigenvalue weighted by Gasteiger charge is 2.11. The number of imidazole rings is 1. The molecule has 0 unspecified atom stereocenters. The lowest BCUT2D eigenvalue weighted by molar-refractivity contribution is 0.750. The number of nitrogens with zero attached hydrogens (tertiary/aromatic N) is 3. The molecular weight excluding hydrogens is 393 g/mol. The lowest BCUT2D eigenvalue weighted by Crippen LogP contribution is -2.05. The number of rotatable bonds is 4. The summed E-state index contributed by atoms with van der Waals surface area (Å²) < 4.78 is 3.41. The van der Waals surface area contributed by atoms with Gasteiger partial charge in [0.1, 0.15) is 10.8 Å². The predicted octanol–water partition coefficient (Wildman–Crippen LogP) is 3.93. The molecule has 3 rings (SSSR count). The maximum absolute atomic E-state index is 5.88. The first-order chi connectivity index (χ1) is 9.28. The molecule has 1 aromatic carbocycles. The zero-order valence-electron chi connectivity index (χ0n) is 10.0. The van der Waals surface area contributed by atoms with E-state index in [0.717, 1.165) is 34.8 Å². The van der Waals surface area contributed by atoms with Gasteiger partial charge in [-0.05, 0) is 40.8 Å². The quantitative estimate of drug-likeness (QED) is 0.488. The van der Waals surface area contributed by atoms with Crippen LogP contribution < -0.4 is 0 Å². The molecule has 3 aromatic rings. The first-order valence-corrected chi connectivity index (χ1v) is 8.36. The van der Waals surface area contributed by atoms with Crippen LogP contribution in [0.5, 0.6) is 0 Å². The summed E-state index contributed by atoms with van der Waals surface area (Å²) in [7, 11) is 0. The monoisotopic (exact) mass is 403 g/mol. The molecule has 0 bridgehead atoms. The number of benzene rings is 1. The van der Waals surface area contributed by atoms with Gasteiger partial charge in [-0.1, -0.05) is 0 Å². The Morgan fingerprint density at radius 3 is 3.00 bits per heavy atom. The molecule has 0 aliphatic rings. The van der Waals surface area contributed by atoms with E-state index in [4.69, 9.17) is 16.6 Å². The number of hydrogen-bond acceptors (Lipinski definition) is 3. The van der Waals surface area contributed by atoms with Crippen molar-refractivity contribution >= 4 is 56.6 Å². The molecule has 3 nitrogen and oxygen atoms in total. The first-order valence-electron chi connectivity index (χ1n) is 5.87. The van der Waals surface area contributed by atoms with Crippen molar-refractivity contribution in [2.24, 2.45) is 0 Å². The summed E-state index contributed by atoms with van der Waals surface area (Å²) >= 11 is 9.85. The van der Waals surface area contributed by atoms with Crippen molar-refractivity contribution in [1.82, 2.24) is 14.5 Å². The molecule has 2 aromatic heterocycles. The maximum atomic E-state index is 5.88. The Labute approximate surface area is 133 Å². The Balaban J connectivity index is 2.10. The van der Waals surface area contributed by atoms with Crippen molar-refractivity contribution in [2.75, 3.05) is 5.88 Å². The normalized spacial score (nSPS) is 11.3. The van der Waals surface area contributed by atoms with Crippen LogP contribution in [-0.2, 0) is 13.0 Å². The lowest BCUT2D eigenvalue weighted by Gasteiger charge is -2.06. The molecule has 0 amide bonds. The van der Waals surface area contributed by atoms with Gasteiger partial charge in [0.2, 0.25) is 0 Å². The zero-order valence-corrected chi connectivity index (χ0v) is 13.7. The van der Waals surface area contributed by atoms with E-state index in [-0.39, 0.29) is 0 Å². The van der Waals surface area contributed by atoms with Crippen LogP contribution in [0.4, 0.5) is 0 Å². The zero-order chi connectivity index (χ0) is 13.2. The maximum Gasteiger partial charge on any atom is 0.112 e. The number of aryl methyl sites for hydroxylation is 1. The Morgan fingerprint density at radius 2 is 2.26 bits per heavy atom. The van der Waals surface area contributed by atoms with Gasteiger partial charge in [-0.3, -0.25) is 0 Å². The van der Waals surface area contributed by atoms with Gasteiger partial charge in [-0.25, -0.2) is 9.97 Å². The molecule has 0 spiro atoms. The third kappa shape index (κ3) is 2.78. The average molecular weight is 404 g/mol. The number of alkyl halides is 1. The van der Waals surface area contributed by atoms with Gasteiger partial charge < -0.3 is 4.57 Å². The molecule has 0 radical (unpaired) electrons. The Morgan fingerprint density at radius 1 is 1.37 bits per heavy atom. The molecule has 0 fully saturated rings. The average Bonchev–Trinajstić information content (AvgIpc) is 2.99. The smallest absolute Gasteiger partial charge is 0.112 e. The van der Waals surface area contributed by atoms with Crippen LogP contribution in [0.2, 0.25) is 0 Å². The van der Waals surface area contributed by atoms with Gasteiger partial charge >= 0.3 is 0 Å². The highest BCUT2D eigenvalue weighted by molar-refractivity contribution is 14.1. The summed E-state index contributed by atoms with van der Waals surface area (Å²) in [6, 6.07) is 6.33. The summed E-state index contributed by atoms with van der Waals surface area (Å²) in [5.41, 5.74) is 2.18. The van der Waals surface area contributed by atoms with E-state index in [1.807, 2.05) is 11.6 Å². The number of fused-ring (bicyclic) bond motifs is 1. The van der Waals surface area contributed by atoms with Crippen LogP contribution in [0.3, 0.4) is 0 Å². The Hall–Kier alpha value is -0.660. The van der Waals surface area contributed by atoms with Gasteiger partial charge in [0, 0.05) is 27.4 Å². The van der Waals surface area contributed by atoms with Gasteiger partial charge in [0.05, 0.1) is 17.6 Å². The van der Waals surface area contributed by atoms with Crippen LogP contribution in [0.1, 0.15) is 10.8 Å². The largest absolute Gasteiger partial charge is 0.321 e. The van der Waals surface area contributed by atoms with Crippen LogP contribution in [0.25, 0.3) is 11.0 Å². The number of thiazole rings is 1. The molecular formula is C13H11ClIN3S. The summed E-state index contributed by atoms with van der Waals surface area (Å²) in [4.78, 5) is 9.05. The van der Waals surface area contributed by atoms with Crippen molar-refractivity contribution in [1.29, 1.82) is 0 Å². The van der Waals surface area contributed by atoms with Gasteiger partial charge in [0.15, 0.2) is 0 Å². The second-order valence-corrected chi connectivity index (χ2v) is 6.71. The summed E-state index contributed by atoms with van der Waals surface area (Å²) in [5.74, 6) is 1.61. The Bertz CT molecular complexity index is 693. The first kappa shape index (κ1) is 13.3. The number of hydrogen-bond donors (Lipinski definition) is 0. The van der Waals surface area contributed by atoms with Gasteiger partial charge in [-0.2, -0.15) is 0 Å². The second-order valence-electron chi connectivity index (χ2n) is 4.11. The van der Waals surface area contributed by atoms with Crippen LogP contribution in [0, 0.1) is 3.57 Å². The summed E-state index contributed by atoms with van der Waals surface area (Å²) in [6.45, 7) is 0.765. The minimum atomic E-state index is 0.582. The van der Waals surface area contributed by atoms with E-state index >= 15 is 0 Å². The van der Waals surface area contributed by atoms with Crippen molar-refractivity contribution in [2.45, 2.75) is 13.0 Å².